The molecule has 3 aromatic rings. The third-order valence-corrected chi connectivity index (χ3v) is 4.92. The molecule has 2 heterocycles. The molecule has 0 atom stereocenters. The highest BCUT2D eigenvalue weighted by Crippen LogP contribution is 2.25. The maximum Gasteiger partial charge on any atom is 0.179 e. The zero-order chi connectivity index (χ0) is 14.8. The molecule has 0 radical (unpaired) electrons. The van der Waals surface area contributed by atoms with Crippen LogP contribution in [0.25, 0.3) is 22.4 Å². The Morgan fingerprint density at radius 3 is 2.67 bits per heavy atom. The summed E-state index contributed by atoms with van der Waals surface area (Å²) in [6.45, 7) is 2.13. The van der Waals surface area contributed by atoms with E-state index in [4.69, 9.17) is 11.6 Å². The Morgan fingerprint density at radius 2 is 1.86 bits per heavy atom. The van der Waals surface area contributed by atoms with Gasteiger partial charge in [-0.15, -0.1) is 0 Å². The SMILES string of the molecule is CCCc1nc(-c2ccc3ccccc3n2)nc(Cl)c1I. The molecule has 3 nitrogen and oxygen atoms in total. The number of pyridine rings is 1. The van der Waals surface area contributed by atoms with Gasteiger partial charge in [-0.1, -0.05) is 49.2 Å². The molecule has 0 saturated carbocycles. The zero-order valence-corrected chi connectivity index (χ0v) is 14.4. The number of halogens is 2. The lowest BCUT2D eigenvalue weighted by Gasteiger charge is -2.07. The maximum absolute atomic E-state index is 6.24. The van der Waals surface area contributed by atoms with Crippen LogP contribution in [0.5, 0.6) is 0 Å². The van der Waals surface area contributed by atoms with Gasteiger partial charge in [0.15, 0.2) is 5.82 Å². The molecule has 0 saturated heterocycles. The Hall–Kier alpha value is -1.27. The van der Waals surface area contributed by atoms with Crippen molar-refractivity contribution >= 4 is 45.1 Å². The van der Waals surface area contributed by atoms with Crippen molar-refractivity contribution in [3.63, 3.8) is 0 Å². The average Bonchev–Trinajstić information content (AvgIpc) is 2.51. The summed E-state index contributed by atoms with van der Waals surface area (Å²) in [6.07, 6.45) is 1.91. The highest BCUT2D eigenvalue weighted by Gasteiger charge is 2.12. The maximum atomic E-state index is 6.24. The first-order chi connectivity index (χ1) is 10.2. The first-order valence-corrected chi connectivity index (χ1v) is 8.23. The molecule has 0 N–H and O–H groups in total. The van der Waals surface area contributed by atoms with Gasteiger partial charge in [0.05, 0.1) is 14.8 Å². The lowest BCUT2D eigenvalue weighted by molar-refractivity contribution is 0.866. The van der Waals surface area contributed by atoms with Gasteiger partial charge in [-0.05, 0) is 41.1 Å². The average molecular weight is 410 g/mol. The highest BCUT2D eigenvalue weighted by atomic mass is 127. The third-order valence-electron chi connectivity index (χ3n) is 3.19. The van der Waals surface area contributed by atoms with E-state index in [-0.39, 0.29) is 0 Å². The smallest absolute Gasteiger partial charge is 0.179 e. The second kappa shape index (κ2) is 6.23. The van der Waals surface area contributed by atoms with Gasteiger partial charge in [-0.25, -0.2) is 15.0 Å². The van der Waals surface area contributed by atoms with Crippen LogP contribution in [0.2, 0.25) is 5.15 Å². The summed E-state index contributed by atoms with van der Waals surface area (Å²) in [4.78, 5) is 13.6. The lowest BCUT2D eigenvalue weighted by Crippen LogP contribution is -2.01. The molecule has 5 heteroatoms. The summed E-state index contributed by atoms with van der Waals surface area (Å²) in [5.41, 5.74) is 2.68. The summed E-state index contributed by atoms with van der Waals surface area (Å²) in [7, 11) is 0. The van der Waals surface area contributed by atoms with Crippen LogP contribution in [0.3, 0.4) is 0 Å². The molecular weight excluding hydrogens is 397 g/mol. The molecule has 0 bridgehead atoms. The molecule has 0 unspecified atom stereocenters. The molecule has 0 fully saturated rings. The molecule has 21 heavy (non-hydrogen) atoms. The molecular formula is C16H13ClIN3. The minimum Gasteiger partial charge on any atom is -0.244 e. The predicted octanol–water partition coefficient (Wildman–Crippen LogP) is 4.90. The molecule has 0 aliphatic heterocycles. The van der Waals surface area contributed by atoms with Crippen LogP contribution >= 0.6 is 34.2 Å². The Kier molecular flexibility index (Phi) is 4.35. The fourth-order valence-electron chi connectivity index (χ4n) is 2.17. The van der Waals surface area contributed by atoms with Crippen LogP contribution in [0.15, 0.2) is 36.4 Å². The van der Waals surface area contributed by atoms with Gasteiger partial charge in [-0.3, -0.25) is 0 Å². The van der Waals surface area contributed by atoms with Crippen LogP contribution in [-0.2, 0) is 6.42 Å². The van der Waals surface area contributed by atoms with Gasteiger partial charge < -0.3 is 0 Å². The van der Waals surface area contributed by atoms with E-state index in [9.17, 15) is 0 Å². The number of fused-ring (bicyclic) bond motifs is 1. The van der Waals surface area contributed by atoms with Crippen molar-refractivity contribution in [3.8, 4) is 11.5 Å². The summed E-state index contributed by atoms with van der Waals surface area (Å²) in [5.74, 6) is 0.592. The minimum absolute atomic E-state index is 0.499. The van der Waals surface area contributed by atoms with E-state index in [1.54, 1.807) is 0 Å². The Morgan fingerprint density at radius 1 is 1.05 bits per heavy atom. The van der Waals surface area contributed by atoms with Gasteiger partial charge in [0.1, 0.15) is 10.8 Å². The fraction of sp³-hybridized carbons (Fsp3) is 0.188. The second-order valence-electron chi connectivity index (χ2n) is 4.74. The van der Waals surface area contributed by atoms with Crippen LogP contribution in [0.4, 0.5) is 0 Å². The second-order valence-corrected chi connectivity index (χ2v) is 6.17. The number of nitrogens with zero attached hydrogens (tertiary/aromatic N) is 3. The van der Waals surface area contributed by atoms with Crippen molar-refractivity contribution in [2.24, 2.45) is 0 Å². The lowest BCUT2D eigenvalue weighted by atomic mass is 10.2. The summed E-state index contributed by atoms with van der Waals surface area (Å²) >= 11 is 8.44. The van der Waals surface area contributed by atoms with Crippen molar-refractivity contribution in [1.29, 1.82) is 0 Å². The number of benzene rings is 1. The first kappa shape index (κ1) is 14.7. The van der Waals surface area contributed by atoms with Gasteiger partial charge in [0, 0.05) is 5.39 Å². The van der Waals surface area contributed by atoms with E-state index in [1.165, 1.54) is 0 Å². The molecule has 3 rings (SSSR count). The summed E-state index contributed by atoms with van der Waals surface area (Å²) in [5, 5.41) is 1.60. The largest absolute Gasteiger partial charge is 0.244 e. The standard InChI is InChI=1S/C16H13ClIN3/c1-2-5-12-14(18)15(17)21-16(20-12)13-9-8-10-6-3-4-7-11(10)19-13/h3-4,6-9H,2,5H2,1H3. The molecule has 1 aromatic carbocycles. The van der Waals surface area contributed by atoms with Crippen molar-refractivity contribution in [2.45, 2.75) is 19.8 Å². The summed E-state index contributed by atoms with van der Waals surface area (Å²) in [6, 6.07) is 12.0. The Labute approximate surface area is 141 Å². The van der Waals surface area contributed by atoms with Crippen LogP contribution in [0, 0.1) is 3.57 Å². The monoisotopic (exact) mass is 409 g/mol. The molecule has 2 aromatic heterocycles. The topological polar surface area (TPSA) is 38.7 Å². The van der Waals surface area contributed by atoms with E-state index < -0.39 is 0 Å². The van der Waals surface area contributed by atoms with Crippen molar-refractivity contribution in [3.05, 3.63) is 50.8 Å². The van der Waals surface area contributed by atoms with E-state index in [0.717, 1.165) is 38.7 Å². The predicted molar refractivity (Wildman–Crippen MR) is 94.5 cm³/mol. The van der Waals surface area contributed by atoms with Gasteiger partial charge in [0.2, 0.25) is 0 Å². The fourth-order valence-corrected chi connectivity index (χ4v) is 2.87. The zero-order valence-electron chi connectivity index (χ0n) is 11.5. The van der Waals surface area contributed by atoms with Crippen LogP contribution < -0.4 is 0 Å². The van der Waals surface area contributed by atoms with Crippen molar-refractivity contribution in [2.75, 3.05) is 0 Å². The molecule has 106 valence electrons. The van der Waals surface area contributed by atoms with Crippen molar-refractivity contribution in [1.82, 2.24) is 15.0 Å². The van der Waals surface area contributed by atoms with Crippen LogP contribution in [0.1, 0.15) is 19.0 Å². The van der Waals surface area contributed by atoms with Gasteiger partial charge in [0.25, 0.3) is 0 Å². The number of hydrogen-bond acceptors (Lipinski definition) is 3. The number of para-hydroxylation sites is 1. The number of hydrogen-bond donors (Lipinski definition) is 0. The Bertz CT molecular complexity index is 805. The van der Waals surface area contributed by atoms with E-state index >= 15 is 0 Å². The normalized spacial score (nSPS) is 11.0. The number of rotatable bonds is 3. The molecule has 0 aliphatic rings. The van der Waals surface area contributed by atoms with E-state index in [0.29, 0.717) is 11.0 Å². The summed E-state index contributed by atoms with van der Waals surface area (Å²) < 4.78 is 0.931. The van der Waals surface area contributed by atoms with Crippen LogP contribution in [-0.4, -0.2) is 15.0 Å². The molecule has 0 amide bonds. The number of aromatic nitrogens is 3. The minimum atomic E-state index is 0.499. The third kappa shape index (κ3) is 3.01. The van der Waals surface area contributed by atoms with E-state index in [2.05, 4.69) is 44.5 Å². The number of aryl methyl sites for hydroxylation is 1. The highest BCUT2D eigenvalue weighted by molar-refractivity contribution is 14.1. The van der Waals surface area contributed by atoms with Gasteiger partial charge >= 0.3 is 0 Å². The quantitative estimate of drug-likeness (QED) is 0.456. The van der Waals surface area contributed by atoms with Crippen molar-refractivity contribution < 1.29 is 0 Å². The van der Waals surface area contributed by atoms with Gasteiger partial charge in [-0.2, -0.15) is 0 Å². The first-order valence-electron chi connectivity index (χ1n) is 6.77. The molecule has 0 aliphatic carbocycles. The van der Waals surface area contributed by atoms with E-state index in [1.807, 2.05) is 36.4 Å². The molecule has 0 spiro atoms. The Balaban J connectivity index is 2.13.